The Hall–Kier alpha value is -0.970. The molecule has 0 amide bonds. The maximum Gasteiger partial charge on any atom is 0.191 e. The van der Waals surface area contributed by atoms with Crippen LogP contribution in [0.3, 0.4) is 0 Å². The molecule has 1 aromatic rings. The van der Waals surface area contributed by atoms with Crippen LogP contribution >= 0.6 is 11.8 Å². The van der Waals surface area contributed by atoms with E-state index in [2.05, 4.69) is 22.2 Å². The number of hydrogen-bond acceptors (Lipinski definition) is 5. The van der Waals surface area contributed by atoms with Gasteiger partial charge in [0.15, 0.2) is 5.16 Å². The largest absolute Gasteiger partial charge is 0.383 e. The first-order chi connectivity index (χ1) is 9.17. The predicted octanol–water partition coefficient (Wildman–Crippen LogP) is 3.41. The fraction of sp³-hybridized carbons (Fsp3) is 0.714. The van der Waals surface area contributed by atoms with E-state index in [-0.39, 0.29) is 0 Å². The zero-order valence-electron chi connectivity index (χ0n) is 11.9. The molecule has 0 spiro atoms. The molecule has 0 unspecified atom stereocenters. The molecule has 0 aromatic carbocycles. The van der Waals surface area contributed by atoms with Gasteiger partial charge in [-0.2, -0.15) is 0 Å². The van der Waals surface area contributed by atoms with Crippen LogP contribution in [0.5, 0.6) is 0 Å². The summed E-state index contributed by atoms with van der Waals surface area (Å²) in [5.74, 6) is 3.19. The van der Waals surface area contributed by atoms with Gasteiger partial charge >= 0.3 is 0 Å². The van der Waals surface area contributed by atoms with Gasteiger partial charge in [-0.15, -0.1) is 0 Å². The number of nitrogens with one attached hydrogen (secondary N) is 1. The number of nitrogen functional groups attached to an aromatic ring is 1. The average molecular weight is 280 g/mol. The van der Waals surface area contributed by atoms with E-state index in [1.54, 1.807) is 0 Å². The molecular weight excluding hydrogens is 256 g/mol. The second-order valence-electron chi connectivity index (χ2n) is 5.51. The maximum atomic E-state index is 5.76. The minimum atomic E-state index is 0.536. The molecule has 3 N–H and O–H groups in total. The summed E-state index contributed by atoms with van der Waals surface area (Å²) < 4.78 is 0. The van der Waals surface area contributed by atoms with E-state index in [9.17, 15) is 0 Å². The van der Waals surface area contributed by atoms with Crippen LogP contribution in [0, 0.1) is 11.8 Å². The van der Waals surface area contributed by atoms with Crippen LogP contribution < -0.4 is 11.1 Å². The van der Waals surface area contributed by atoms with Gasteiger partial charge in [0.05, 0.1) is 0 Å². The van der Waals surface area contributed by atoms with Crippen molar-refractivity contribution in [1.29, 1.82) is 0 Å². The lowest BCUT2D eigenvalue weighted by atomic mass is 9.81. The fourth-order valence-corrected chi connectivity index (χ4v) is 3.03. The Balaban J connectivity index is 1.77. The molecule has 1 heterocycles. The Morgan fingerprint density at radius 3 is 2.74 bits per heavy atom. The average Bonchev–Trinajstić information content (AvgIpc) is 2.40. The van der Waals surface area contributed by atoms with Gasteiger partial charge in [-0.05, 0) is 24.5 Å². The minimum absolute atomic E-state index is 0.536. The smallest absolute Gasteiger partial charge is 0.191 e. The van der Waals surface area contributed by atoms with Crippen LogP contribution in [0.15, 0.2) is 11.2 Å². The molecule has 2 rings (SSSR count). The Morgan fingerprint density at radius 2 is 2.05 bits per heavy atom. The summed E-state index contributed by atoms with van der Waals surface area (Å²) >= 11 is 1.52. The molecule has 4 nitrogen and oxygen atoms in total. The molecule has 1 aliphatic carbocycles. The minimum Gasteiger partial charge on any atom is -0.383 e. The van der Waals surface area contributed by atoms with Crippen molar-refractivity contribution in [2.24, 2.45) is 11.8 Å². The lowest BCUT2D eigenvalue weighted by Gasteiger charge is -2.26. The van der Waals surface area contributed by atoms with Crippen LogP contribution in [0.1, 0.15) is 39.0 Å². The van der Waals surface area contributed by atoms with Gasteiger partial charge < -0.3 is 11.1 Å². The van der Waals surface area contributed by atoms with E-state index in [1.165, 1.54) is 43.9 Å². The molecule has 19 heavy (non-hydrogen) atoms. The molecule has 106 valence electrons. The van der Waals surface area contributed by atoms with Crippen LogP contribution in [0.2, 0.25) is 0 Å². The predicted molar refractivity (Wildman–Crippen MR) is 82.5 cm³/mol. The van der Waals surface area contributed by atoms with Crippen molar-refractivity contribution in [3.8, 4) is 0 Å². The number of thioether (sulfide) groups is 1. The number of rotatable bonds is 5. The van der Waals surface area contributed by atoms with E-state index in [4.69, 9.17) is 5.73 Å². The van der Waals surface area contributed by atoms with Crippen LogP contribution in [0.4, 0.5) is 11.6 Å². The number of anilines is 2. The first-order valence-corrected chi connectivity index (χ1v) is 8.32. The third kappa shape index (κ3) is 4.56. The number of aromatic nitrogens is 2. The summed E-state index contributed by atoms with van der Waals surface area (Å²) in [6.45, 7) is 3.34. The van der Waals surface area contributed by atoms with E-state index in [1.807, 2.05) is 12.3 Å². The summed E-state index contributed by atoms with van der Waals surface area (Å²) in [4.78, 5) is 8.56. The highest BCUT2D eigenvalue weighted by molar-refractivity contribution is 7.98. The van der Waals surface area contributed by atoms with Gasteiger partial charge in [-0.3, -0.25) is 0 Å². The molecule has 5 heteroatoms. The van der Waals surface area contributed by atoms with Gasteiger partial charge in [0.25, 0.3) is 0 Å². The molecule has 0 atom stereocenters. The first kappa shape index (κ1) is 14.4. The standard InChI is InChI=1S/C14H24N4S/c1-10-3-5-11(6-4-10)7-8-16-13-9-12(15)17-14(18-13)19-2/h9-11H,3-8H2,1-2H3,(H3,15,16,17,18). The van der Waals surface area contributed by atoms with Crippen molar-refractivity contribution < 1.29 is 0 Å². The van der Waals surface area contributed by atoms with Gasteiger partial charge in [0, 0.05) is 12.6 Å². The number of hydrogen-bond donors (Lipinski definition) is 2. The lowest BCUT2D eigenvalue weighted by molar-refractivity contribution is 0.282. The second kappa shape index (κ2) is 6.98. The van der Waals surface area contributed by atoms with Gasteiger partial charge in [-0.1, -0.05) is 44.4 Å². The zero-order valence-corrected chi connectivity index (χ0v) is 12.7. The van der Waals surface area contributed by atoms with Crippen molar-refractivity contribution in [2.45, 2.75) is 44.2 Å². The monoisotopic (exact) mass is 280 g/mol. The van der Waals surface area contributed by atoms with E-state index in [0.29, 0.717) is 5.82 Å². The summed E-state index contributed by atoms with van der Waals surface area (Å²) in [5, 5.41) is 4.10. The Kier molecular flexibility index (Phi) is 5.31. The third-order valence-corrected chi connectivity index (χ3v) is 4.45. The summed E-state index contributed by atoms with van der Waals surface area (Å²) in [7, 11) is 0. The summed E-state index contributed by atoms with van der Waals surface area (Å²) in [6.07, 6.45) is 8.73. The van der Waals surface area contributed by atoms with Crippen molar-refractivity contribution in [2.75, 3.05) is 23.9 Å². The van der Waals surface area contributed by atoms with Crippen LogP contribution in [-0.4, -0.2) is 22.8 Å². The van der Waals surface area contributed by atoms with E-state index < -0.39 is 0 Å². The molecule has 0 saturated heterocycles. The highest BCUT2D eigenvalue weighted by Gasteiger charge is 2.17. The Bertz CT molecular complexity index is 402. The molecule has 0 aliphatic heterocycles. The molecule has 0 radical (unpaired) electrons. The Morgan fingerprint density at radius 1 is 1.32 bits per heavy atom. The normalized spacial score (nSPS) is 23.3. The van der Waals surface area contributed by atoms with Crippen molar-refractivity contribution in [1.82, 2.24) is 9.97 Å². The van der Waals surface area contributed by atoms with Crippen molar-refractivity contribution in [3.05, 3.63) is 6.07 Å². The van der Waals surface area contributed by atoms with E-state index >= 15 is 0 Å². The second-order valence-corrected chi connectivity index (χ2v) is 6.28. The van der Waals surface area contributed by atoms with Crippen LogP contribution in [-0.2, 0) is 0 Å². The SMILES string of the molecule is CSc1nc(N)cc(NCCC2CCC(C)CC2)n1. The van der Waals surface area contributed by atoms with Gasteiger partial charge in [0.1, 0.15) is 11.6 Å². The van der Waals surface area contributed by atoms with E-state index in [0.717, 1.165) is 29.4 Å². The first-order valence-electron chi connectivity index (χ1n) is 7.09. The highest BCUT2D eigenvalue weighted by Crippen LogP contribution is 2.30. The Labute approximate surface area is 120 Å². The third-order valence-electron chi connectivity index (χ3n) is 3.90. The highest BCUT2D eigenvalue weighted by atomic mass is 32.2. The van der Waals surface area contributed by atoms with Crippen molar-refractivity contribution >= 4 is 23.4 Å². The lowest BCUT2D eigenvalue weighted by Crippen LogP contribution is -2.16. The topological polar surface area (TPSA) is 63.8 Å². The molecule has 1 fully saturated rings. The quantitative estimate of drug-likeness (QED) is 0.639. The maximum absolute atomic E-state index is 5.76. The van der Waals surface area contributed by atoms with Gasteiger partial charge in [0.2, 0.25) is 0 Å². The molecule has 1 aromatic heterocycles. The number of nitrogens with two attached hydrogens (primary N) is 1. The molecule has 0 bridgehead atoms. The summed E-state index contributed by atoms with van der Waals surface area (Å²) in [6, 6.07) is 1.81. The van der Waals surface area contributed by atoms with Crippen LogP contribution in [0.25, 0.3) is 0 Å². The summed E-state index contributed by atoms with van der Waals surface area (Å²) in [5.41, 5.74) is 5.76. The molecule has 1 saturated carbocycles. The van der Waals surface area contributed by atoms with Crippen molar-refractivity contribution in [3.63, 3.8) is 0 Å². The molecule has 1 aliphatic rings. The zero-order chi connectivity index (χ0) is 13.7. The fourth-order valence-electron chi connectivity index (χ4n) is 2.65. The molecular formula is C14H24N4S. The van der Waals surface area contributed by atoms with Gasteiger partial charge in [-0.25, -0.2) is 9.97 Å². The number of nitrogens with zero attached hydrogens (tertiary/aromatic N) is 2.